The lowest BCUT2D eigenvalue weighted by Gasteiger charge is -2.24. The fourth-order valence-electron chi connectivity index (χ4n) is 2.69. The first-order chi connectivity index (χ1) is 12.0. The molecular weight excluding hydrogens is 343 g/mol. The number of ether oxygens (including phenoxy) is 1. The molecule has 0 aliphatic heterocycles. The Kier molecular flexibility index (Phi) is 7.47. The average molecular weight is 367 g/mol. The molecule has 1 amide bonds. The first kappa shape index (κ1) is 19.5. The molecule has 1 heterocycles. The second-order valence-electron chi connectivity index (χ2n) is 5.98. The molecule has 2 aromatic rings. The van der Waals surface area contributed by atoms with Crippen LogP contribution in [0.5, 0.6) is 0 Å². The van der Waals surface area contributed by atoms with Gasteiger partial charge in [-0.3, -0.25) is 4.79 Å². The smallest absolute Gasteiger partial charge is 0.240 e. The van der Waals surface area contributed by atoms with E-state index in [1.165, 1.54) is 12.1 Å². The summed E-state index contributed by atoms with van der Waals surface area (Å²) in [6.07, 6.45) is 2.68. The van der Waals surface area contributed by atoms with Crippen LogP contribution in [-0.2, 0) is 22.6 Å². The maximum atomic E-state index is 13.4. The average Bonchev–Trinajstić information content (AvgIpc) is 3.00. The van der Waals surface area contributed by atoms with Gasteiger partial charge in [-0.1, -0.05) is 12.1 Å². The van der Waals surface area contributed by atoms with Crippen molar-refractivity contribution in [2.75, 3.05) is 20.3 Å². The molecule has 1 atom stereocenters. The second-order valence-corrected chi connectivity index (χ2v) is 6.63. The molecule has 0 N–H and O–H groups in total. The number of carbonyl (C=O) groups excluding carboxylic acids is 1. The van der Waals surface area contributed by atoms with Gasteiger partial charge < -0.3 is 14.2 Å². The van der Waals surface area contributed by atoms with Crippen LogP contribution in [0.3, 0.4) is 0 Å². The third-order valence-electron chi connectivity index (χ3n) is 3.95. The molecule has 1 aromatic heterocycles. The van der Waals surface area contributed by atoms with Gasteiger partial charge in [-0.2, -0.15) is 0 Å². The topological polar surface area (TPSA) is 34.5 Å². The van der Waals surface area contributed by atoms with E-state index in [0.29, 0.717) is 26.2 Å². The first-order valence-electron chi connectivity index (χ1n) is 8.31. The third kappa shape index (κ3) is 5.87. The van der Waals surface area contributed by atoms with Crippen LogP contribution in [0.15, 0.2) is 42.6 Å². The summed E-state index contributed by atoms with van der Waals surface area (Å²) in [6, 6.07) is 10.4. The Labute approximate surface area is 153 Å². The predicted octanol–water partition coefficient (Wildman–Crippen LogP) is 3.67. The van der Waals surface area contributed by atoms with Crippen LogP contribution >= 0.6 is 11.6 Å². The van der Waals surface area contributed by atoms with Crippen molar-refractivity contribution in [3.63, 3.8) is 0 Å². The lowest BCUT2D eigenvalue weighted by atomic mass is 10.2. The van der Waals surface area contributed by atoms with Crippen LogP contribution in [-0.4, -0.2) is 41.0 Å². The maximum Gasteiger partial charge on any atom is 0.240 e. The summed E-state index contributed by atoms with van der Waals surface area (Å²) in [4.78, 5) is 14.1. The van der Waals surface area contributed by atoms with Crippen LogP contribution in [0.2, 0.25) is 0 Å². The fourth-order valence-corrected chi connectivity index (χ4v) is 2.83. The minimum absolute atomic E-state index is 0.101. The Hall–Kier alpha value is -1.85. The molecule has 0 aliphatic rings. The van der Waals surface area contributed by atoms with Gasteiger partial charge in [-0.05, 0) is 43.2 Å². The number of aromatic nitrogens is 1. The van der Waals surface area contributed by atoms with E-state index in [0.717, 1.165) is 17.7 Å². The molecule has 4 nitrogen and oxygen atoms in total. The zero-order valence-electron chi connectivity index (χ0n) is 14.6. The summed E-state index contributed by atoms with van der Waals surface area (Å²) in [7, 11) is 1.64. The Morgan fingerprint density at radius 3 is 2.84 bits per heavy atom. The van der Waals surface area contributed by atoms with Crippen LogP contribution in [0.25, 0.3) is 0 Å². The highest BCUT2D eigenvalue weighted by molar-refractivity contribution is 6.30. The molecule has 0 bridgehead atoms. The van der Waals surface area contributed by atoms with Gasteiger partial charge in [-0.25, -0.2) is 4.39 Å². The van der Waals surface area contributed by atoms with Crippen molar-refractivity contribution in [1.82, 2.24) is 9.47 Å². The molecule has 0 fully saturated rings. The summed E-state index contributed by atoms with van der Waals surface area (Å²) >= 11 is 5.99. The van der Waals surface area contributed by atoms with Crippen molar-refractivity contribution in [1.29, 1.82) is 0 Å². The van der Waals surface area contributed by atoms with Crippen LogP contribution in [0.1, 0.15) is 24.6 Å². The number of methoxy groups -OCH3 is 1. The monoisotopic (exact) mass is 366 g/mol. The standard InChI is InChI=1S/C19H24ClFN2O2/c1-15(20)19(24)23(10-5-11-25-2)14-18-8-4-9-22(18)13-16-6-3-7-17(21)12-16/h3-4,6-9,12,15H,5,10-11,13-14H2,1-2H3/t15-/m1/s1. The number of hydrogen-bond donors (Lipinski definition) is 0. The first-order valence-corrected chi connectivity index (χ1v) is 8.75. The van der Waals surface area contributed by atoms with Gasteiger partial charge in [0, 0.05) is 38.7 Å². The minimum atomic E-state index is -0.575. The third-order valence-corrected chi connectivity index (χ3v) is 4.13. The maximum absolute atomic E-state index is 13.4. The number of alkyl halides is 1. The van der Waals surface area contributed by atoms with E-state index in [2.05, 4.69) is 0 Å². The fraction of sp³-hybridized carbons (Fsp3) is 0.421. The molecule has 0 saturated carbocycles. The van der Waals surface area contributed by atoms with Gasteiger partial charge in [0.05, 0.1) is 6.54 Å². The summed E-state index contributed by atoms with van der Waals surface area (Å²) < 4.78 is 20.5. The molecule has 25 heavy (non-hydrogen) atoms. The van der Waals surface area contributed by atoms with Crippen LogP contribution < -0.4 is 0 Å². The number of hydrogen-bond acceptors (Lipinski definition) is 2. The van der Waals surface area contributed by atoms with Crippen molar-refractivity contribution < 1.29 is 13.9 Å². The molecule has 6 heteroatoms. The summed E-state index contributed by atoms with van der Waals surface area (Å²) in [5.74, 6) is -0.352. The Morgan fingerprint density at radius 2 is 2.16 bits per heavy atom. The Balaban J connectivity index is 2.11. The van der Waals surface area contributed by atoms with E-state index in [9.17, 15) is 9.18 Å². The highest BCUT2D eigenvalue weighted by atomic mass is 35.5. The molecule has 0 radical (unpaired) electrons. The van der Waals surface area contributed by atoms with Gasteiger partial charge in [0.15, 0.2) is 0 Å². The zero-order valence-corrected chi connectivity index (χ0v) is 15.4. The molecule has 0 unspecified atom stereocenters. The normalized spacial score (nSPS) is 12.2. The Bertz CT molecular complexity index is 688. The zero-order chi connectivity index (χ0) is 18.2. The van der Waals surface area contributed by atoms with Crippen LogP contribution in [0.4, 0.5) is 4.39 Å². The van der Waals surface area contributed by atoms with Gasteiger partial charge in [0.25, 0.3) is 0 Å². The van der Waals surface area contributed by atoms with E-state index in [1.807, 2.05) is 29.0 Å². The van der Waals surface area contributed by atoms with E-state index in [-0.39, 0.29) is 11.7 Å². The summed E-state index contributed by atoms with van der Waals surface area (Å²) in [5, 5.41) is -0.575. The van der Waals surface area contributed by atoms with Crippen LogP contribution in [0, 0.1) is 5.82 Å². The molecule has 1 aromatic carbocycles. The predicted molar refractivity (Wildman–Crippen MR) is 97.2 cm³/mol. The lowest BCUT2D eigenvalue weighted by Crippen LogP contribution is -2.37. The van der Waals surface area contributed by atoms with Gasteiger partial charge in [0.1, 0.15) is 11.2 Å². The number of rotatable bonds is 9. The van der Waals surface area contributed by atoms with E-state index < -0.39 is 5.38 Å². The number of benzene rings is 1. The van der Waals surface area contributed by atoms with Crippen molar-refractivity contribution >= 4 is 17.5 Å². The van der Waals surface area contributed by atoms with Gasteiger partial charge >= 0.3 is 0 Å². The van der Waals surface area contributed by atoms with Crippen molar-refractivity contribution in [2.24, 2.45) is 0 Å². The number of amides is 1. The van der Waals surface area contributed by atoms with Crippen molar-refractivity contribution in [3.8, 4) is 0 Å². The molecule has 2 rings (SSSR count). The highest BCUT2D eigenvalue weighted by Crippen LogP contribution is 2.14. The molecule has 0 spiro atoms. The number of nitrogens with zero attached hydrogens (tertiary/aromatic N) is 2. The summed E-state index contributed by atoms with van der Waals surface area (Å²) in [6.45, 7) is 3.86. The second kappa shape index (κ2) is 9.59. The Morgan fingerprint density at radius 1 is 1.36 bits per heavy atom. The van der Waals surface area contributed by atoms with E-state index >= 15 is 0 Å². The van der Waals surface area contributed by atoms with Gasteiger partial charge in [0.2, 0.25) is 5.91 Å². The number of carbonyl (C=O) groups is 1. The largest absolute Gasteiger partial charge is 0.385 e. The highest BCUT2D eigenvalue weighted by Gasteiger charge is 2.19. The van der Waals surface area contributed by atoms with Crippen molar-refractivity contribution in [2.45, 2.75) is 31.8 Å². The minimum Gasteiger partial charge on any atom is -0.385 e. The molecule has 0 saturated heterocycles. The molecular formula is C19H24ClFN2O2. The lowest BCUT2D eigenvalue weighted by molar-refractivity contribution is -0.131. The van der Waals surface area contributed by atoms with E-state index in [4.69, 9.17) is 16.3 Å². The SMILES string of the molecule is COCCCN(Cc1cccn1Cc1cccc(F)c1)C(=O)[C@@H](C)Cl. The van der Waals surface area contributed by atoms with Gasteiger partial charge in [-0.15, -0.1) is 11.6 Å². The summed E-state index contributed by atoms with van der Waals surface area (Å²) in [5.41, 5.74) is 1.85. The van der Waals surface area contributed by atoms with Crippen molar-refractivity contribution in [3.05, 3.63) is 59.7 Å². The number of halogens is 2. The van der Waals surface area contributed by atoms with E-state index in [1.54, 1.807) is 25.0 Å². The quantitative estimate of drug-likeness (QED) is 0.501. The molecule has 136 valence electrons. The molecule has 0 aliphatic carbocycles.